The van der Waals surface area contributed by atoms with Gasteiger partial charge in [-0.25, -0.2) is 4.98 Å². The molecule has 0 saturated carbocycles. The smallest absolute Gasteiger partial charge is 0.129 e. The zero-order chi connectivity index (χ0) is 15.2. The predicted octanol–water partition coefficient (Wildman–Crippen LogP) is 3.89. The highest BCUT2D eigenvalue weighted by Gasteiger charge is 2.14. The van der Waals surface area contributed by atoms with Gasteiger partial charge in [-0.15, -0.1) is 11.3 Å². The van der Waals surface area contributed by atoms with E-state index < -0.39 is 0 Å². The van der Waals surface area contributed by atoms with Crippen LogP contribution in [0.1, 0.15) is 32.0 Å². The van der Waals surface area contributed by atoms with Crippen LogP contribution in [-0.4, -0.2) is 25.7 Å². The Labute approximate surface area is 130 Å². The zero-order valence-corrected chi connectivity index (χ0v) is 13.8. The summed E-state index contributed by atoms with van der Waals surface area (Å²) < 4.78 is 10.7. The van der Waals surface area contributed by atoms with Gasteiger partial charge in [-0.05, 0) is 38.1 Å². The van der Waals surface area contributed by atoms with E-state index in [0.717, 1.165) is 40.7 Å². The molecule has 0 radical (unpaired) electrons. The number of thiazole rings is 1. The first-order valence-corrected chi connectivity index (χ1v) is 7.98. The van der Waals surface area contributed by atoms with Crippen molar-refractivity contribution in [2.75, 3.05) is 20.8 Å². The van der Waals surface area contributed by atoms with Crippen LogP contribution in [-0.2, 0) is 0 Å². The average Bonchev–Trinajstić information content (AvgIpc) is 3.01. The van der Waals surface area contributed by atoms with Gasteiger partial charge < -0.3 is 14.8 Å². The molecule has 1 atom stereocenters. The average molecular weight is 306 g/mol. The number of rotatable bonds is 7. The van der Waals surface area contributed by atoms with Crippen LogP contribution in [0.3, 0.4) is 0 Å². The monoisotopic (exact) mass is 306 g/mol. The molecular formula is C16H22N2O2S. The molecule has 0 aliphatic rings. The summed E-state index contributed by atoms with van der Waals surface area (Å²) in [4.78, 5) is 4.74. The molecule has 1 unspecified atom stereocenters. The molecule has 1 heterocycles. The minimum Gasteiger partial charge on any atom is -0.497 e. The van der Waals surface area contributed by atoms with Crippen LogP contribution in [0.4, 0.5) is 0 Å². The van der Waals surface area contributed by atoms with Gasteiger partial charge in [0.2, 0.25) is 0 Å². The Morgan fingerprint density at radius 1 is 1.29 bits per heavy atom. The topological polar surface area (TPSA) is 43.4 Å². The number of nitrogens with zero attached hydrogens (tertiary/aromatic N) is 1. The number of hydrogen-bond acceptors (Lipinski definition) is 5. The Morgan fingerprint density at radius 2 is 2.10 bits per heavy atom. The molecule has 114 valence electrons. The van der Waals surface area contributed by atoms with Crippen LogP contribution in [0, 0.1) is 0 Å². The summed E-state index contributed by atoms with van der Waals surface area (Å²) in [6.07, 6.45) is 1.12. The molecule has 0 saturated heterocycles. The van der Waals surface area contributed by atoms with Crippen molar-refractivity contribution < 1.29 is 9.47 Å². The second kappa shape index (κ2) is 7.43. The summed E-state index contributed by atoms with van der Waals surface area (Å²) in [6, 6.07) is 6.02. The van der Waals surface area contributed by atoms with Crippen LogP contribution < -0.4 is 14.8 Å². The highest BCUT2D eigenvalue weighted by molar-refractivity contribution is 7.13. The molecule has 1 aromatic heterocycles. The second-order valence-corrected chi connectivity index (χ2v) is 5.68. The van der Waals surface area contributed by atoms with Crippen LogP contribution in [0.5, 0.6) is 11.5 Å². The van der Waals surface area contributed by atoms with Gasteiger partial charge in [0.15, 0.2) is 0 Å². The Balaban J connectivity index is 2.28. The van der Waals surface area contributed by atoms with Gasteiger partial charge in [-0.2, -0.15) is 0 Å². The van der Waals surface area contributed by atoms with Crippen LogP contribution in [0.2, 0.25) is 0 Å². The van der Waals surface area contributed by atoms with Gasteiger partial charge in [0.1, 0.15) is 16.5 Å². The van der Waals surface area contributed by atoms with Crippen LogP contribution in [0.25, 0.3) is 10.6 Å². The van der Waals surface area contributed by atoms with E-state index in [0.29, 0.717) is 0 Å². The molecule has 0 amide bonds. The van der Waals surface area contributed by atoms with Crippen molar-refractivity contribution in [3.63, 3.8) is 0 Å². The molecule has 1 N–H and O–H groups in total. The summed E-state index contributed by atoms with van der Waals surface area (Å²) in [5.74, 6) is 1.62. The molecule has 0 aliphatic carbocycles. The van der Waals surface area contributed by atoms with Crippen molar-refractivity contribution in [2.24, 2.45) is 0 Å². The third-order valence-corrected chi connectivity index (χ3v) is 4.20. The Hall–Kier alpha value is -1.59. The van der Waals surface area contributed by atoms with Crippen molar-refractivity contribution in [1.82, 2.24) is 10.3 Å². The number of ether oxygens (including phenoxy) is 2. The van der Waals surface area contributed by atoms with E-state index in [1.165, 1.54) is 0 Å². The van der Waals surface area contributed by atoms with E-state index in [4.69, 9.17) is 14.5 Å². The molecule has 4 nitrogen and oxygen atoms in total. The summed E-state index contributed by atoms with van der Waals surface area (Å²) in [6.45, 7) is 5.29. The molecule has 2 aromatic rings. The van der Waals surface area contributed by atoms with E-state index >= 15 is 0 Å². The lowest BCUT2D eigenvalue weighted by atomic mass is 10.2. The van der Waals surface area contributed by atoms with E-state index in [1.807, 2.05) is 18.2 Å². The quantitative estimate of drug-likeness (QED) is 0.843. The molecule has 2 rings (SSSR count). The maximum atomic E-state index is 5.43. The Kier molecular flexibility index (Phi) is 5.59. The molecule has 0 aliphatic heterocycles. The predicted molar refractivity (Wildman–Crippen MR) is 87.4 cm³/mol. The van der Waals surface area contributed by atoms with Crippen molar-refractivity contribution in [2.45, 2.75) is 26.3 Å². The van der Waals surface area contributed by atoms with Gasteiger partial charge in [-0.3, -0.25) is 0 Å². The van der Waals surface area contributed by atoms with E-state index in [9.17, 15) is 0 Å². The lowest BCUT2D eigenvalue weighted by molar-refractivity contribution is 0.404. The van der Waals surface area contributed by atoms with E-state index in [-0.39, 0.29) is 6.04 Å². The highest BCUT2D eigenvalue weighted by atomic mass is 32.1. The molecule has 0 spiro atoms. The van der Waals surface area contributed by atoms with Gasteiger partial charge in [0.05, 0.1) is 25.5 Å². The Morgan fingerprint density at radius 3 is 2.76 bits per heavy atom. The minimum absolute atomic E-state index is 0.256. The standard InChI is InChI=1S/C16H22N2O2S/c1-5-8-17-11(2)14-10-21-16(18-14)13-9-12(19-3)6-7-15(13)20-4/h6-7,9-11,17H,5,8H2,1-4H3. The van der Waals surface area contributed by atoms with Crippen LogP contribution >= 0.6 is 11.3 Å². The first kappa shape index (κ1) is 15.8. The van der Waals surface area contributed by atoms with Crippen molar-refractivity contribution in [3.8, 4) is 22.1 Å². The molecule has 0 fully saturated rings. The maximum absolute atomic E-state index is 5.43. The van der Waals surface area contributed by atoms with Gasteiger partial charge in [-0.1, -0.05) is 6.92 Å². The first-order chi connectivity index (χ1) is 10.2. The Bertz CT molecular complexity index is 583. The van der Waals surface area contributed by atoms with E-state index in [1.54, 1.807) is 25.6 Å². The van der Waals surface area contributed by atoms with Crippen molar-refractivity contribution in [1.29, 1.82) is 0 Å². The summed E-state index contributed by atoms with van der Waals surface area (Å²) >= 11 is 1.63. The SMILES string of the molecule is CCCNC(C)c1csc(-c2cc(OC)ccc2OC)n1. The maximum Gasteiger partial charge on any atom is 0.129 e. The number of nitrogens with one attached hydrogen (secondary N) is 1. The molecule has 1 aromatic carbocycles. The van der Waals surface area contributed by atoms with Crippen molar-refractivity contribution >= 4 is 11.3 Å². The summed E-state index contributed by atoms with van der Waals surface area (Å²) in [7, 11) is 3.33. The van der Waals surface area contributed by atoms with Crippen molar-refractivity contribution in [3.05, 3.63) is 29.3 Å². The summed E-state index contributed by atoms with van der Waals surface area (Å²) in [5.41, 5.74) is 2.03. The normalized spacial score (nSPS) is 12.2. The fraction of sp³-hybridized carbons (Fsp3) is 0.438. The number of hydrogen-bond donors (Lipinski definition) is 1. The molecule has 5 heteroatoms. The lowest BCUT2D eigenvalue weighted by Gasteiger charge is -2.10. The molecular weight excluding hydrogens is 284 g/mol. The largest absolute Gasteiger partial charge is 0.497 e. The van der Waals surface area contributed by atoms with Gasteiger partial charge in [0.25, 0.3) is 0 Å². The third kappa shape index (κ3) is 3.74. The second-order valence-electron chi connectivity index (χ2n) is 4.82. The number of benzene rings is 1. The highest BCUT2D eigenvalue weighted by Crippen LogP contribution is 2.35. The third-order valence-electron chi connectivity index (χ3n) is 3.30. The van der Waals surface area contributed by atoms with Gasteiger partial charge in [0, 0.05) is 11.4 Å². The molecule has 21 heavy (non-hydrogen) atoms. The van der Waals surface area contributed by atoms with E-state index in [2.05, 4.69) is 24.5 Å². The van der Waals surface area contributed by atoms with Gasteiger partial charge >= 0.3 is 0 Å². The minimum atomic E-state index is 0.256. The first-order valence-electron chi connectivity index (χ1n) is 7.10. The fourth-order valence-corrected chi connectivity index (χ4v) is 2.99. The number of aromatic nitrogens is 1. The van der Waals surface area contributed by atoms with Crippen LogP contribution in [0.15, 0.2) is 23.6 Å². The number of methoxy groups -OCH3 is 2. The molecule has 0 bridgehead atoms. The summed E-state index contributed by atoms with van der Waals surface area (Å²) in [5, 5.41) is 6.50. The zero-order valence-electron chi connectivity index (χ0n) is 13.0. The lowest BCUT2D eigenvalue weighted by Crippen LogP contribution is -2.19. The fourth-order valence-electron chi connectivity index (χ4n) is 2.06.